The van der Waals surface area contributed by atoms with Crippen LogP contribution in [0, 0.1) is 12.7 Å². The Morgan fingerprint density at radius 2 is 1.97 bits per heavy atom. The molecule has 0 saturated heterocycles. The van der Waals surface area contributed by atoms with Crippen molar-refractivity contribution in [3.8, 4) is 16.9 Å². The molecule has 0 unspecified atom stereocenters. The van der Waals surface area contributed by atoms with Gasteiger partial charge in [0.1, 0.15) is 6.61 Å². The summed E-state index contributed by atoms with van der Waals surface area (Å²) in [5, 5.41) is 12.0. The predicted octanol–water partition coefficient (Wildman–Crippen LogP) is 4.88. The summed E-state index contributed by atoms with van der Waals surface area (Å²) in [5.41, 5.74) is 3.75. The number of hydrogen-bond donors (Lipinski definition) is 3. The molecule has 0 amide bonds. The minimum Gasteiger partial charge on any atom is -0.488 e. The first-order valence-electron chi connectivity index (χ1n) is 10.0. The van der Waals surface area contributed by atoms with Gasteiger partial charge in [-0.05, 0) is 53.9 Å². The van der Waals surface area contributed by atoms with Crippen molar-refractivity contribution in [2.45, 2.75) is 6.92 Å². The Morgan fingerprint density at radius 3 is 2.72 bits per heavy atom. The fraction of sp³-hybridized carbons (Fsp3) is 0.208. The number of H-pyrrole nitrogens is 1. The van der Waals surface area contributed by atoms with Crippen LogP contribution < -0.4 is 9.46 Å². The van der Waals surface area contributed by atoms with Gasteiger partial charge in [0, 0.05) is 36.9 Å². The van der Waals surface area contributed by atoms with E-state index in [4.69, 9.17) is 9.84 Å². The van der Waals surface area contributed by atoms with Gasteiger partial charge in [-0.15, -0.1) is 0 Å². The Morgan fingerprint density at radius 1 is 1.19 bits per heavy atom. The Balaban J connectivity index is 2.08. The molecule has 0 bridgehead atoms. The number of ketones is 1. The van der Waals surface area contributed by atoms with Crippen molar-refractivity contribution in [1.82, 2.24) is 9.78 Å². The average molecular weight is 456 g/mol. The molecule has 0 aliphatic heterocycles. The minimum absolute atomic E-state index is 0.0544. The van der Waals surface area contributed by atoms with Crippen LogP contribution >= 0.6 is 11.9 Å². The van der Waals surface area contributed by atoms with Gasteiger partial charge >= 0.3 is 0 Å². The number of carbonyl (C=O) groups excluding carboxylic acids is 1. The molecule has 0 spiro atoms. The number of nitrogens with one attached hydrogen (secondary N) is 2. The first kappa shape index (κ1) is 23.4. The Bertz CT molecular complexity index is 1160. The highest BCUT2D eigenvalue weighted by Crippen LogP contribution is 2.26. The molecule has 0 radical (unpaired) electrons. The van der Waals surface area contributed by atoms with E-state index >= 15 is 0 Å². The quantitative estimate of drug-likeness (QED) is 0.333. The lowest BCUT2D eigenvalue weighted by molar-refractivity contribution is 0.103. The summed E-state index contributed by atoms with van der Waals surface area (Å²) >= 11 is 1.51. The van der Waals surface area contributed by atoms with E-state index in [1.807, 2.05) is 56.8 Å². The first-order valence-corrected chi connectivity index (χ1v) is 11.2. The average Bonchev–Trinajstić information content (AvgIpc) is 2.77. The highest BCUT2D eigenvalue weighted by molar-refractivity contribution is 7.99. The van der Waals surface area contributed by atoms with Crippen LogP contribution in [-0.2, 0) is 7.05 Å². The van der Waals surface area contributed by atoms with Gasteiger partial charge in [-0.3, -0.25) is 9.48 Å². The number of aryl methyl sites for hydroxylation is 2. The maximum atomic E-state index is 14.9. The van der Waals surface area contributed by atoms with Crippen LogP contribution in [0.2, 0.25) is 0 Å². The van der Waals surface area contributed by atoms with Gasteiger partial charge in [-0.25, -0.2) is 4.39 Å². The maximum absolute atomic E-state index is 14.9. The number of halogens is 1. The summed E-state index contributed by atoms with van der Waals surface area (Å²) in [6.07, 6.45) is 5.44. The fourth-order valence-electron chi connectivity index (χ4n) is 3.26. The van der Waals surface area contributed by atoms with Gasteiger partial charge in [-0.2, -0.15) is 0 Å². The second kappa shape index (κ2) is 10.9. The molecule has 1 aromatic heterocycles. The zero-order chi connectivity index (χ0) is 23.1. The van der Waals surface area contributed by atoms with Gasteiger partial charge in [0.25, 0.3) is 0 Å². The second-order valence-corrected chi connectivity index (χ2v) is 7.73. The lowest BCUT2D eigenvalue weighted by Crippen LogP contribution is -2.10. The standard InChI is InChI=1S/C24H26FN3O3S/c1-16-12-18(17-6-4-7-19(13-17)27-32-3)15-28(2)26-14-21(16)24(30)20-8-5-9-22(23(20)25)31-11-10-29/h4-9,12-15,26-27,29H,10-11H2,1-3H3. The number of ether oxygens (including phenoxy) is 1. The van der Waals surface area contributed by atoms with E-state index in [1.54, 1.807) is 16.9 Å². The monoisotopic (exact) mass is 455 g/mol. The summed E-state index contributed by atoms with van der Waals surface area (Å²) in [5.74, 6) is -1.28. The normalized spacial score (nSPS) is 10.5. The second-order valence-electron chi connectivity index (χ2n) is 7.12. The molecule has 0 fully saturated rings. The van der Waals surface area contributed by atoms with Gasteiger partial charge in [0.15, 0.2) is 17.3 Å². The molecular formula is C24H26FN3O3S. The van der Waals surface area contributed by atoms with Crippen LogP contribution in [0.1, 0.15) is 21.5 Å². The molecule has 168 valence electrons. The van der Waals surface area contributed by atoms with E-state index in [9.17, 15) is 9.18 Å². The van der Waals surface area contributed by atoms with E-state index in [2.05, 4.69) is 9.82 Å². The van der Waals surface area contributed by atoms with Crippen molar-refractivity contribution >= 4 is 23.4 Å². The molecule has 0 saturated carbocycles. The van der Waals surface area contributed by atoms with Crippen molar-refractivity contribution in [3.63, 3.8) is 0 Å². The number of aromatic nitrogens is 2. The van der Waals surface area contributed by atoms with Crippen molar-refractivity contribution in [2.75, 3.05) is 24.2 Å². The van der Waals surface area contributed by atoms with E-state index in [0.717, 1.165) is 16.8 Å². The smallest absolute Gasteiger partial charge is 0.197 e. The molecule has 0 atom stereocenters. The lowest BCUT2D eigenvalue weighted by atomic mass is 9.99. The van der Waals surface area contributed by atoms with E-state index in [1.165, 1.54) is 24.1 Å². The number of anilines is 1. The molecule has 1 heterocycles. The molecule has 2 aromatic carbocycles. The molecular weight excluding hydrogens is 429 g/mol. The van der Waals surface area contributed by atoms with Crippen LogP contribution in [0.15, 0.2) is 60.9 Å². The molecule has 3 rings (SSSR count). The van der Waals surface area contributed by atoms with Crippen molar-refractivity contribution in [1.29, 1.82) is 0 Å². The van der Waals surface area contributed by atoms with Gasteiger partial charge in [0.05, 0.1) is 12.2 Å². The van der Waals surface area contributed by atoms with Crippen LogP contribution in [0.3, 0.4) is 0 Å². The first-order chi connectivity index (χ1) is 15.4. The third-order valence-corrected chi connectivity index (χ3v) is 5.20. The van der Waals surface area contributed by atoms with Crippen molar-refractivity contribution in [2.24, 2.45) is 7.05 Å². The zero-order valence-electron chi connectivity index (χ0n) is 18.2. The predicted molar refractivity (Wildman–Crippen MR) is 127 cm³/mol. The molecule has 8 heteroatoms. The van der Waals surface area contributed by atoms with Crippen molar-refractivity contribution < 1.29 is 19.0 Å². The number of benzene rings is 2. The molecule has 0 aliphatic carbocycles. The number of carbonyl (C=O) groups is 1. The summed E-state index contributed by atoms with van der Waals surface area (Å²) in [7, 11) is 1.82. The maximum Gasteiger partial charge on any atom is 0.197 e. The largest absolute Gasteiger partial charge is 0.488 e. The van der Waals surface area contributed by atoms with Gasteiger partial charge in [0.2, 0.25) is 0 Å². The Kier molecular flexibility index (Phi) is 7.97. The summed E-state index contributed by atoms with van der Waals surface area (Å²) in [6, 6.07) is 14.3. The topological polar surface area (TPSA) is 79.3 Å². The highest BCUT2D eigenvalue weighted by Gasteiger charge is 2.19. The van der Waals surface area contributed by atoms with E-state index in [-0.39, 0.29) is 24.5 Å². The molecule has 3 aromatic rings. The summed E-state index contributed by atoms with van der Waals surface area (Å²) in [6.45, 7) is 1.52. The minimum atomic E-state index is -0.748. The molecule has 0 aliphatic rings. The summed E-state index contributed by atoms with van der Waals surface area (Å²) in [4.78, 5) is 13.3. The number of rotatable bonds is 8. The highest BCUT2D eigenvalue weighted by atomic mass is 32.2. The van der Waals surface area contributed by atoms with Gasteiger partial charge in [-0.1, -0.05) is 30.1 Å². The number of nitrogens with zero attached hydrogens (tertiary/aromatic N) is 1. The third kappa shape index (κ3) is 5.52. The molecule has 6 nitrogen and oxygen atoms in total. The molecule has 32 heavy (non-hydrogen) atoms. The lowest BCUT2D eigenvalue weighted by Gasteiger charge is -2.11. The Hall–Kier alpha value is -3.23. The van der Waals surface area contributed by atoms with Gasteiger partial charge < -0.3 is 19.7 Å². The number of aromatic amines is 1. The van der Waals surface area contributed by atoms with E-state index in [0.29, 0.717) is 11.1 Å². The molecule has 3 N–H and O–H groups in total. The van der Waals surface area contributed by atoms with Crippen LogP contribution in [0.5, 0.6) is 5.75 Å². The zero-order valence-corrected chi connectivity index (χ0v) is 19.0. The van der Waals surface area contributed by atoms with E-state index < -0.39 is 11.6 Å². The number of hydrogen-bond acceptors (Lipinski definition) is 5. The summed E-state index contributed by atoms with van der Waals surface area (Å²) < 4.78 is 25.1. The Labute approximate surface area is 190 Å². The number of aliphatic hydroxyl groups is 1. The third-order valence-electron chi connectivity index (χ3n) is 4.76. The number of aliphatic hydroxyl groups excluding tert-OH is 1. The van der Waals surface area contributed by atoms with Crippen molar-refractivity contribution in [3.05, 3.63) is 83.4 Å². The van der Waals surface area contributed by atoms with Crippen LogP contribution in [0.25, 0.3) is 11.1 Å². The van der Waals surface area contributed by atoms with Crippen LogP contribution in [-0.4, -0.2) is 40.1 Å². The fourth-order valence-corrected chi connectivity index (χ4v) is 3.62. The van der Waals surface area contributed by atoms with Crippen LogP contribution in [0.4, 0.5) is 10.1 Å². The SMILES string of the molecule is CSNc1cccc(-c2cc(C)c(C(=O)c3cccc(OCCO)c3F)c[nH]n(C)c2)c1.